The number of rotatable bonds is 0. The normalized spacial score (nSPS) is 14.0. The van der Waals surface area contributed by atoms with Gasteiger partial charge in [-0.1, -0.05) is 18.2 Å². The average molecular weight is 130 g/mol. The fraction of sp³-hybridized carbons (Fsp3) is 0.111. The number of para-hydroxylation sites is 1. The smallest absolute Gasteiger partial charge is 0.134 e. The lowest BCUT2D eigenvalue weighted by molar-refractivity contribution is 0.352. The summed E-state index contributed by atoms with van der Waals surface area (Å²) in [6, 6.07) is 8.76. The maximum Gasteiger partial charge on any atom is 0.134 e. The van der Waals surface area contributed by atoms with Crippen molar-refractivity contribution in [2.45, 2.75) is 0 Å². The van der Waals surface area contributed by atoms with E-state index >= 15 is 0 Å². The number of hydrogen-bond donors (Lipinski definition) is 0. The van der Waals surface area contributed by atoms with Crippen molar-refractivity contribution in [1.29, 1.82) is 0 Å². The van der Waals surface area contributed by atoms with Crippen LogP contribution >= 0.6 is 0 Å². The zero-order valence-electron chi connectivity index (χ0n) is 5.42. The van der Waals surface area contributed by atoms with Crippen LogP contribution < -0.4 is 4.74 Å². The van der Waals surface area contributed by atoms with Crippen LogP contribution in [0.25, 0.3) is 6.08 Å². The van der Waals surface area contributed by atoms with E-state index in [1.165, 1.54) is 0 Å². The molecule has 2 rings (SSSR count). The van der Waals surface area contributed by atoms with Gasteiger partial charge in [-0.2, -0.15) is 0 Å². The molecule has 1 aliphatic heterocycles. The van der Waals surface area contributed by atoms with Crippen molar-refractivity contribution in [2.75, 3.05) is 6.61 Å². The van der Waals surface area contributed by atoms with Crippen LogP contribution in [0, 0.1) is 12.1 Å². The van der Waals surface area contributed by atoms with E-state index in [1.54, 1.807) is 0 Å². The highest BCUT2D eigenvalue weighted by Gasteiger charge is 2.02. The molecule has 1 heterocycles. The number of fused-ring (bicyclic) bond motifs is 1. The Morgan fingerprint density at radius 2 is 2.50 bits per heavy atom. The molecule has 0 amide bonds. The highest BCUT2D eigenvalue weighted by Crippen LogP contribution is 2.20. The van der Waals surface area contributed by atoms with Gasteiger partial charge >= 0.3 is 0 Å². The standard InChI is InChI=1S/C9H6O/c1-2-6-9-8(4-1)5-3-7-10-9/h1-2,4-5H,7H2. The zero-order chi connectivity index (χ0) is 6.81. The highest BCUT2D eigenvalue weighted by molar-refractivity contribution is 5.56. The zero-order valence-corrected chi connectivity index (χ0v) is 5.42. The summed E-state index contributed by atoms with van der Waals surface area (Å²) >= 11 is 0. The molecule has 0 spiro atoms. The summed E-state index contributed by atoms with van der Waals surface area (Å²) in [7, 11) is 0. The summed E-state index contributed by atoms with van der Waals surface area (Å²) in [6.45, 7) is 0.549. The largest absolute Gasteiger partial charge is 0.488 e. The molecule has 0 bridgehead atoms. The molecule has 0 atom stereocenters. The Bertz CT molecular complexity index is 263. The van der Waals surface area contributed by atoms with E-state index < -0.39 is 0 Å². The van der Waals surface area contributed by atoms with Crippen molar-refractivity contribution < 1.29 is 4.74 Å². The molecule has 0 saturated heterocycles. The molecule has 10 heavy (non-hydrogen) atoms. The van der Waals surface area contributed by atoms with Crippen LogP contribution in [0.2, 0.25) is 0 Å². The number of benzene rings is 1. The third kappa shape index (κ3) is 0.798. The predicted octanol–water partition coefficient (Wildman–Crippen LogP) is 1.70. The molecule has 1 aromatic carbocycles. The Kier molecular flexibility index (Phi) is 1.21. The third-order valence-corrected chi connectivity index (χ3v) is 1.41. The van der Waals surface area contributed by atoms with Crippen molar-refractivity contribution in [3.05, 3.63) is 35.9 Å². The lowest BCUT2D eigenvalue weighted by atomic mass is 10.1. The molecule has 0 N–H and O–H groups in total. The monoisotopic (exact) mass is 130 g/mol. The molecule has 0 fully saturated rings. The van der Waals surface area contributed by atoms with Gasteiger partial charge in [0.1, 0.15) is 12.4 Å². The van der Waals surface area contributed by atoms with Crippen LogP contribution in [0.1, 0.15) is 5.56 Å². The summed E-state index contributed by atoms with van der Waals surface area (Å²) in [5, 5.41) is 0. The average Bonchev–Trinajstić information content (AvgIpc) is 2.05. The minimum atomic E-state index is 0.549. The van der Waals surface area contributed by atoms with Crippen LogP contribution in [-0.2, 0) is 0 Å². The lowest BCUT2D eigenvalue weighted by Gasteiger charge is -2.09. The third-order valence-electron chi connectivity index (χ3n) is 1.41. The fourth-order valence-electron chi connectivity index (χ4n) is 0.939. The number of ether oxygens (including phenoxy) is 1. The molecule has 48 valence electrons. The molecular weight excluding hydrogens is 124 g/mol. The molecule has 1 heteroatoms. The summed E-state index contributed by atoms with van der Waals surface area (Å²) in [6.07, 6.45) is 4.90. The van der Waals surface area contributed by atoms with E-state index in [9.17, 15) is 0 Å². The predicted molar refractivity (Wildman–Crippen MR) is 38.5 cm³/mol. The second-order valence-electron chi connectivity index (χ2n) is 2.09. The van der Waals surface area contributed by atoms with Crippen LogP contribution in [-0.4, -0.2) is 6.61 Å². The first-order valence-corrected chi connectivity index (χ1v) is 3.17. The van der Waals surface area contributed by atoms with Crippen molar-refractivity contribution in [3.63, 3.8) is 0 Å². The maximum atomic E-state index is 5.23. The van der Waals surface area contributed by atoms with E-state index in [2.05, 4.69) is 12.1 Å². The van der Waals surface area contributed by atoms with Crippen molar-refractivity contribution >= 4 is 6.08 Å². The molecule has 0 aliphatic carbocycles. The topological polar surface area (TPSA) is 9.23 Å². The second kappa shape index (κ2) is 2.18. The molecule has 1 aliphatic rings. The first-order valence-electron chi connectivity index (χ1n) is 3.17. The van der Waals surface area contributed by atoms with E-state index in [1.807, 2.05) is 24.3 Å². The molecule has 0 aromatic heterocycles. The van der Waals surface area contributed by atoms with Gasteiger partial charge in [0.25, 0.3) is 0 Å². The molecule has 2 radical (unpaired) electrons. The van der Waals surface area contributed by atoms with Gasteiger partial charge in [0.15, 0.2) is 0 Å². The second-order valence-corrected chi connectivity index (χ2v) is 2.09. The van der Waals surface area contributed by atoms with Crippen LogP contribution in [0.4, 0.5) is 0 Å². The van der Waals surface area contributed by atoms with Gasteiger partial charge in [-0.3, -0.25) is 0 Å². The summed E-state index contributed by atoms with van der Waals surface area (Å²) in [4.78, 5) is 0. The van der Waals surface area contributed by atoms with E-state index in [-0.39, 0.29) is 0 Å². The van der Waals surface area contributed by atoms with Gasteiger partial charge in [-0.25, -0.2) is 0 Å². The fourth-order valence-corrected chi connectivity index (χ4v) is 0.939. The van der Waals surface area contributed by atoms with Crippen molar-refractivity contribution in [1.82, 2.24) is 0 Å². The van der Waals surface area contributed by atoms with Gasteiger partial charge in [0.2, 0.25) is 0 Å². The first kappa shape index (κ1) is 5.54. The molecule has 0 unspecified atom stereocenters. The Morgan fingerprint density at radius 1 is 1.50 bits per heavy atom. The lowest BCUT2D eigenvalue weighted by Crippen LogP contribution is -1.99. The van der Waals surface area contributed by atoms with Crippen molar-refractivity contribution in [3.8, 4) is 5.75 Å². The molecule has 1 aromatic rings. The molecular formula is C9H6O. The van der Waals surface area contributed by atoms with E-state index in [0.29, 0.717) is 6.61 Å². The van der Waals surface area contributed by atoms with Crippen LogP contribution in [0.3, 0.4) is 0 Å². The van der Waals surface area contributed by atoms with Gasteiger partial charge in [-0.05, 0) is 12.2 Å². The Hall–Kier alpha value is -1.24. The minimum absolute atomic E-state index is 0.549. The van der Waals surface area contributed by atoms with Crippen LogP contribution in [0.5, 0.6) is 5.75 Å². The van der Waals surface area contributed by atoms with E-state index in [4.69, 9.17) is 4.74 Å². The Balaban J connectivity index is 2.54. The summed E-state index contributed by atoms with van der Waals surface area (Å²) in [5.41, 5.74) is 1.06. The first-order chi connectivity index (χ1) is 4.97. The van der Waals surface area contributed by atoms with Gasteiger partial charge in [0, 0.05) is 11.6 Å². The van der Waals surface area contributed by atoms with Gasteiger partial charge < -0.3 is 4.74 Å². The van der Waals surface area contributed by atoms with Gasteiger partial charge in [-0.15, -0.1) is 0 Å². The Labute approximate surface area is 59.9 Å². The highest BCUT2D eigenvalue weighted by atomic mass is 16.5. The number of hydrogen-bond acceptors (Lipinski definition) is 1. The van der Waals surface area contributed by atoms with Crippen molar-refractivity contribution in [2.24, 2.45) is 0 Å². The summed E-state index contributed by atoms with van der Waals surface area (Å²) < 4.78 is 5.23. The van der Waals surface area contributed by atoms with Crippen LogP contribution in [0.15, 0.2) is 18.2 Å². The van der Waals surface area contributed by atoms with E-state index in [0.717, 1.165) is 11.3 Å². The minimum Gasteiger partial charge on any atom is -0.488 e. The molecule has 0 saturated carbocycles. The molecule has 1 nitrogen and oxygen atoms in total. The summed E-state index contributed by atoms with van der Waals surface area (Å²) in [5.74, 6) is 0.834. The van der Waals surface area contributed by atoms with Gasteiger partial charge in [0.05, 0.1) is 0 Å². The SMILES string of the molecule is [C]1=Cc2ccc[c]c2OC1. The maximum absolute atomic E-state index is 5.23. The quantitative estimate of drug-likeness (QED) is 0.519. The Morgan fingerprint density at radius 3 is 3.40 bits per heavy atom.